The molecule has 0 aromatic heterocycles. The van der Waals surface area contributed by atoms with Crippen LogP contribution in [-0.4, -0.2) is 18.3 Å². The van der Waals surface area contributed by atoms with Gasteiger partial charge in [0.1, 0.15) is 18.1 Å². The Morgan fingerprint density at radius 2 is 1.95 bits per heavy atom. The van der Waals surface area contributed by atoms with Gasteiger partial charge in [-0.05, 0) is 30.2 Å². The molecule has 1 rings (SSSR count). The Bertz CT molecular complexity index is 451. The molecule has 0 spiro atoms. The molecule has 0 aliphatic rings. The van der Waals surface area contributed by atoms with Gasteiger partial charge in [-0.2, -0.15) is 0 Å². The number of nitrogens with two attached hydrogens (primary N) is 1. The molecule has 0 aliphatic heterocycles. The van der Waals surface area contributed by atoms with E-state index in [1.54, 1.807) is 30.3 Å². The number of allylic oxidation sites excluding steroid dienone is 1. The Hall–Kier alpha value is -1.94. The average Bonchev–Trinajstić information content (AvgIpc) is 2.44. The Kier molecular flexibility index (Phi) is 5.96. The van der Waals surface area contributed by atoms with Gasteiger partial charge in [-0.1, -0.05) is 32.4 Å². The number of benzene rings is 1. The SMILES string of the molecule is CCC(C)/C=C\C(N)C(=O)Oc1ccc(C=O)cc1. The minimum Gasteiger partial charge on any atom is -0.425 e. The number of rotatable bonds is 6. The van der Waals surface area contributed by atoms with Gasteiger partial charge in [0.2, 0.25) is 0 Å². The second kappa shape index (κ2) is 7.48. The van der Waals surface area contributed by atoms with Crippen molar-refractivity contribution in [2.24, 2.45) is 11.7 Å². The zero-order chi connectivity index (χ0) is 14.3. The quantitative estimate of drug-likeness (QED) is 0.369. The molecule has 2 N–H and O–H groups in total. The molecule has 1 aromatic carbocycles. The highest BCUT2D eigenvalue weighted by Gasteiger charge is 2.12. The minimum atomic E-state index is -0.778. The largest absolute Gasteiger partial charge is 0.425 e. The van der Waals surface area contributed by atoms with E-state index in [0.29, 0.717) is 17.2 Å². The second-order valence-corrected chi connectivity index (χ2v) is 4.40. The van der Waals surface area contributed by atoms with Crippen LogP contribution in [0.4, 0.5) is 0 Å². The van der Waals surface area contributed by atoms with Gasteiger partial charge >= 0.3 is 5.97 Å². The molecule has 102 valence electrons. The van der Waals surface area contributed by atoms with Gasteiger partial charge in [-0.25, -0.2) is 4.79 Å². The lowest BCUT2D eigenvalue weighted by Gasteiger charge is -2.08. The number of hydrogen-bond acceptors (Lipinski definition) is 4. The van der Waals surface area contributed by atoms with Gasteiger partial charge < -0.3 is 10.5 Å². The third kappa shape index (κ3) is 5.06. The molecule has 0 saturated heterocycles. The maximum absolute atomic E-state index is 11.7. The first kappa shape index (κ1) is 15.1. The topological polar surface area (TPSA) is 69.4 Å². The molecule has 0 heterocycles. The van der Waals surface area contributed by atoms with Crippen molar-refractivity contribution in [1.82, 2.24) is 0 Å². The van der Waals surface area contributed by atoms with Gasteiger partial charge in [0.25, 0.3) is 0 Å². The summed E-state index contributed by atoms with van der Waals surface area (Å²) in [5, 5.41) is 0. The first-order valence-electron chi connectivity index (χ1n) is 6.27. The van der Waals surface area contributed by atoms with Gasteiger partial charge in [0.15, 0.2) is 0 Å². The maximum Gasteiger partial charge on any atom is 0.332 e. The molecule has 1 aromatic rings. The molecular weight excluding hydrogens is 242 g/mol. The van der Waals surface area contributed by atoms with Crippen molar-refractivity contribution in [2.75, 3.05) is 0 Å². The van der Waals surface area contributed by atoms with Gasteiger partial charge in [-0.3, -0.25) is 4.79 Å². The molecule has 0 saturated carbocycles. The molecular formula is C15H19NO3. The molecule has 0 radical (unpaired) electrons. The number of ether oxygens (including phenoxy) is 1. The van der Waals surface area contributed by atoms with E-state index in [2.05, 4.69) is 6.92 Å². The van der Waals surface area contributed by atoms with Crippen LogP contribution in [0.15, 0.2) is 36.4 Å². The third-order valence-electron chi connectivity index (χ3n) is 2.80. The average molecular weight is 261 g/mol. The van der Waals surface area contributed by atoms with Crippen molar-refractivity contribution in [3.8, 4) is 5.75 Å². The summed E-state index contributed by atoms with van der Waals surface area (Å²) in [6, 6.07) is 5.51. The summed E-state index contributed by atoms with van der Waals surface area (Å²) >= 11 is 0. The van der Waals surface area contributed by atoms with Crippen LogP contribution in [0.25, 0.3) is 0 Å². The number of hydrogen-bond donors (Lipinski definition) is 1. The summed E-state index contributed by atoms with van der Waals surface area (Å²) in [7, 11) is 0. The van der Waals surface area contributed by atoms with Crippen LogP contribution in [-0.2, 0) is 4.79 Å². The number of aldehydes is 1. The van der Waals surface area contributed by atoms with E-state index in [4.69, 9.17) is 10.5 Å². The second-order valence-electron chi connectivity index (χ2n) is 4.40. The molecule has 0 bridgehead atoms. The van der Waals surface area contributed by atoms with Crippen LogP contribution in [0.1, 0.15) is 30.6 Å². The molecule has 0 fully saturated rings. The van der Waals surface area contributed by atoms with Crippen LogP contribution in [0.2, 0.25) is 0 Å². The van der Waals surface area contributed by atoms with E-state index < -0.39 is 12.0 Å². The fraction of sp³-hybridized carbons (Fsp3) is 0.333. The summed E-state index contributed by atoms with van der Waals surface area (Å²) in [6.45, 7) is 4.11. The van der Waals surface area contributed by atoms with E-state index in [-0.39, 0.29) is 0 Å². The highest BCUT2D eigenvalue weighted by molar-refractivity contribution is 5.80. The van der Waals surface area contributed by atoms with Crippen LogP contribution >= 0.6 is 0 Å². The lowest BCUT2D eigenvalue weighted by atomic mass is 10.1. The van der Waals surface area contributed by atoms with E-state index in [0.717, 1.165) is 12.7 Å². The summed E-state index contributed by atoms with van der Waals surface area (Å²) in [4.78, 5) is 22.2. The Morgan fingerprint density at radius 1 is 1.32 bits per heavy atom. The van der Waals surface area contributed by atoms with Crippen LogP contribution in [0, 0.1) is 5.92 Å². The fourth-order valence-corrected chi connectivity index (χ4v) is 1.32. The number of carbonyl (C=O) groups excluding carboxylic acids is 2. The lowest BCUT2D eigenvalue weighted by molar-refractivity contribution is -0.134. The smallest absolute Gasteiger partial charge is 0.332 e. The normalized spacial score (nSPS) is 14.1. The third-order valence-corrected chi connectivity index (χ3v) is 2.80. The minimum absolute atomic E-state index is 0.378. The molecule has 4 nitrogen and oxygen atoms in total. The molecule has 19 heavy (non-hydrogen) atoms. The van der Waals surface area contributed by atoms with E-state index in [1.165, 1.54) is 0 Å². The molecule has 0 amide bonds. The highest BCUT2D eigenvalue weighted by Crippen LogP contribution is 2.12. The Morgan fingerprint density at radius 3 is 2.47 bits per heavy atom. The summed E-state index contributed by atoms with van der Waals surface area (Å²) in [6.07, 6.45) is 5.27. The Labute approximate surface area is 113 Å². The molecule has 0 aliphatic carbocycles. The van der Waals surface area contributed by atoms with E-state index in [1.807, 2.05) is 13.0 Å². The van der Waals surface area contributed by atoms with Gasteiger partial charge in [0.05, 0.1) is 0 Å². The first-order valence-corrected chi connectivity index (χ1v) is 6.27. The van der Waals surface area contributed by atoms with Crippen molar-refractivity contribution >= 4 is 12.3 Å². The molecule has 2 unspecified atom stereocenters. The predicted octanol–water partition coefficient (Wildman–Crippen LogP) is 2.33. The standard InChI is InChI=1S/C15H19NO3/c1-3-11(2)4-9-14(16)15(18)19-13-7-5-12(10-17)6-8-13/h4-11,14H,3,16H2,1-2H3/b9-4-. The van der Waals surface area contributed by atoms with Crippen molar-refractivity contribution in [2.45, 2.75) is 26.3 Å². The maximum atomic E-state index is 11.7. The first-order chi connectivity index (χ1) is 9.06. The van der Waals surface area contributed by atoms with Crippen molar-refractivity contribution in [3.63, 3.8) is 0 Å². The zero-order valence-electron chi connectivity index (χ0n) is 11.2. The highest BCUT2D eigenvalue weighted by atomic mass is 16.5. The number of esters is 1. The summed E-state index contributed by atoms with van der Waals surface area (Å²) < 4.78 is 5.11. The fourth-order valence-electron chi connectivity index (χ4n) is 1.32. The zero-order valence-corrected chi connectivity index (χ0v) is 11.2. The number of carbonyl (C=O) groups is 2. The van der Waals surface area contributed by atoms with Crippen molar-refractivity contribution < 1.29 is 14.3 Å². The van der Waals surface area contributed by atoms with Crippen LogP contribution < -0.4 is 10.5 Å². The molecule has 4 heteroatoms. The van der Waals surface area contributed by atoms with Crippen LogP contribution in [0.3, 0.4) is 0 Å². The summed E-state index contributed by atoms with van der Waals surface area (Å²) in [5.74, 6) is 0.243. The lowest BCUT2D eigenvalue weighted by Crippen LogP contribution is -2.32. The van der Waals surface area contributed by atoms with Crippen LogP contribution in [0.5, 0.6) is 5.75 Å². The molecule has 2 atom stereocenters. The monoisotopic (exact) mass is 261 g/mol. The van der Waals surface area contributed by atoms with Crippen molar-refractivity contribution in [1.29, 1.82) is 0 Å². The van der Waals surface area contributed by atoms with Gasteiger partial charge in [-0.15, -0.1) is 0 Å². The predicted molar refractivity (Wildman–Crippen MR) is 74.0 cm³/mol. The summed E-state index contributed by atoms with van der Waals surface area (Å²) in [5.41, 5.74) is 6.24. The van der Waals surface area contributed by atoms with E-state index in [9.17, 15) is 9.59 Å². The van der Waals surface area contributed by atoms with E-state index >= 15 is 0 Å². The van der Waals surface area contributed by atoms with Crippen molar-refractivity contribution in [3.05, 3.63) is 42.0 Å². The Balaban J connectivity index is 2.58. The van der Waals surface area contributed by atoms with Gasteiger partial charge in [0, 0.05) is 5.56 Å².